The number of fused-ring (bicyclic) bond motifs is 1. The molecule has 0 saturated heterocycles. The van der Waals surface area contributed by atoms with Crippen molar-refractivity contribution in [3.05, 3.63) is 79.9 Å². The highest BCUT2D eigenvalue weighted by Crippen LogP contribution is 2.48. The van der Waals surface area contributed by atoms with Crippen LogP contribution < -0.4 is 10.9 Å². The fraction of sp³-hybridized carbons (Fsp3) is 0.273. The molecule has 2 aliphatic rings. The Balaban J connectivity index is 1.74. The normalized spacial score (nSPS) is 20.5. The van der Waals surface area contributed by atoms with Crippen LogP contribution in [0.4, 0.5) is 5.82 Å². The van der Waals surface area contributed by atoms with Crippen molar-refractivity contribution < 1.29 is 4.79 Å². The molecule has 0 saturated carbocycles. The number of para-hydroxylation sites is 1. The molecule has 3 heterocycles. The molecule has 142 valence electrons. The highest BCUT2D eigenvalue weighted by molar-refractivity contribution is 7.10. The van der Waals surface area contributed by atoms with Crippen LogP contribution in [0.3, 0.4) is 0 Å². The van der Waals surface area contributed by atoms with E-state index in [2.05, 4.69) is 24.3 Å². The number of H-pyrrole nitrogens is 1. The summed E-state index contributed by atoms with van der Waals surface area (Å²) in [6.45, 7) is 4.23. The second-order valence-corrected chi connectivity index (χ2v) is 9.26. The Bertz CT molecular complexity index is 1150. The van der Waals surface area contributed by atoms with E-state index in [-0.39, 0.29) is 22.7 Å². The maximum atomic E-state index is 13.4. The number of aromatic amines is 1. The molecule has 1 aliphatic heterocycles. The third kappa shape index (κ3) is 2.59. The maximum absolute atomic E-state index is 13.4. The number of nitrogens with zero attached hydrogens (tertiary/aromatic N) is 1. The van der Waals surface area contributed by atoms with Gasteiger partial charge in [0, 0.05) is 22.6 Å². The van der Waals surface area contributed by atoms with Crippen LogP contribution in [0.15, 0.2) is 63.9 Å². The van der Waals surface area contributed by atoms with Gasteiger partial charge in [-0.2, -0.15) is 0 Å². The lowest BCUT2D eigenvalue weighted by Crippen LogP contribution is -2.35. The molecule has 5 rings (SSSR count). The first-order valence-corrected chi connectivity index (χ1v) is 10.3. The van der Waals surface area contributed by atoms with E-state index in [1.54, 1.807) is 16.0 Å². The van der Waals surface area contributed by atoms with Gasteiger partial charge in [-0.15, -0.1) is 11.3 Å². The number of nitrogens with one attached hydrogen (secondary N) is 2. The van der Waals surface area contributed by atoms with E-state index in [1.165, 1.54) is 0 Å². The molecule has 2 aromatic heterocycles. The molecule has 3 aromatic rings. The number of benzene rings is 1. The molecule has 1 aliphatic carbocycles. The lowest BCUT2D eigenvalue weighted by molar-refractivity contribution is -0.118. The highest BCUT2D eigenvalue weighted by Gasteiger charge is 2.43. The standard InChI is InChI=1S/C22H21N3O2S/c1-22(2)11-14-17(15(26)12-22)18(16-9-6-10-28-16)19-20(23-14)24-25(21(19)27)13-7-4-3-5-8-13/h3-10,18,23-24H,11-12H2,1-2H3/t18-/m1/s1. The average Bonchev–Trinajstić information content (AvgIpc) is 3.28. The van der Waals surface area contributed by atoms with Gasteiger partial charge in [0.1, 0.15) is 5.82 Å². The van der Waals surface area contributed by atoms with Gasteiger partial charge in [-0.3, -0.25) is 14.7 Å². The Kier molecular flexibility index (Phi) is 3.74. The van der Waals surface area contributed by atoms with Crippen LogP contribution in [0, 0.1) is 5.41 Å². The van der Waals surface area contributed by atoms with Gasteiger partial charge in [-0.05, 0) is 35.4 Å². The van der Waals surface area contributed by atoms with Crippen LogP contribution in [-0.4, -0.2) is 15.6 Å². The number of thiophene rings is 1. The van der Waals surface area contributed by atoms with Crippen LogP contribution >= 0.6 is 11.3 Å². The number of carbonyl (C=O) groups excluding carboxylic acids is 1. The first-order chi connectivity index (χ1) is 13.4. The molecule has 0 bridgehead atoms. The minimum absolute atomic E-state index is 0.0945. The van der Waals surface area contributed by atoms with E-state index >= 15 is 0 Å². The van der Waals surface area contributed by atoms with Gasteiger partial charge in [-0.1, -0.05) is 38.1 Å². The monoisotopic (exact) mass is 391 g/mol. The minimum atomic E-state index is -0.316. The third-order valence-corrected chi connectivity index (χ3v) is 6.48. The Labute approximate surface area is 166 Å². The topological polar surface area (TPSA) is 66.9 Å². The summed E-state index contributed by atoms with van der Waals surface area (Å²) in [5.74, 6) is 0.509. The fourth-order valence-electron chi connectivity index (χ4n) is 4.39. The predicted molar refractivity (Wildman–Crippen MR) is 111 cm³/mol. The van der Waals surface area contributed by atoms with Gasteiger partial charge in [0.2, 0.25) is 0 Å². The lowest BCUT2D eigenvalue weighted by atomic mass is 9.70. The first-order valence-electron chi connectivity index (χ1n) is 9.42. The quantitative estimate of drug-likeness (QED) is 0.679. The number of hydrogen-bond donors (Lipinski definition) is 2. The van der Waals surface area contributed by atoms with Crippen LogP contribution in [0.1, 0.15) is 43.0 Å². The Morgan fingerprint density at radius 1 is 1.07 bits per heavy atom. The van der Waals surface area contributed by atoms with E-state index in [0.29, 0.717) is 17.8 Å². The van der Waals surface area contributed by atoms with Crippen molar-refractivity contribution in [2.24, 2.45) is 5.41 Å². The van der Waals surface area contributed by atoms with Gasteiger partial charge >= 0.3 is 0 Å². The van der Waals surface area contributed by atoms with E-state index in [0.717, 1.165) is 28.3 Å². The average molecular weight is 391 g/mol. The molecule has 0 amide bonds. The number of ketones is 1. The molecule has 28 heavy (non-hydrogen) atoms. The molecule has 5 nitrogen and oxygen atoms in total. The summed E-state index contributed by atoms with van der Waals surface area (Å²) in [7, 11) is 0. The highest BCUT2D eigenvalue weighted by atomic mass is 32.1. The zero-order valence-corrected chi connectivity index (χ0v) is 16.6. The summed E-state index contributed by atoms with van der Waals surface area (Å²) in [6.07, 6.45) is 1.29. The van der Waals surface area contributed by atoms with Crippen molar-refractivity contribution >= 4 is 22.9 Å². The van der Waals surface area contributed by atoms with E-state index in [1.807, 2.05) is 47.8 Å². The smallest absolute Gasteiger partial charge is 0.277 e. The Morgan fingerprint density at radius 3 is 2.57 bits per heavy atom. The zero-order valence-electron chi connectivity index (χ0n) is 15.8. The number of Topliss-reactive ketones (excluding diaryl/α,β-unsaturated/α-hetero) is 1. The van der Waals surface area contributed by atoms with Crippen molar-refractivity contribution in [1.82, 2.24) is 9.78 Å². The number of allylic oxidation sites excluding steroid dienone is 2. The lowest BCUT2D eigenvalue weighted by Gasteiger charge is -2.37. The van der Waals surface area contributed by atoms with Crippen LogP contribution in [0.2, 0.25) is 0 Å². The first kappa shape index (κ1) is 17.3. The number of carbonyl (C=O) groups is 1. The number of aromatic nitrogens is 2. The number of hydrogen-bond acceptors (Lipinski definition) is 4. The molecule has 6 heteroatoms. The second kappa shape index (κ2) is 6.07. The molecule has 1 atom stereocenters. The van der Waals surface area contributed by atoms with E-state index in [9.17, 15) is 9.59 Å². The van der Waals surface area contributed by atoms with Gasteiger partial charge in [0.15, 0.2) is 5.78 Å². The van der Waals surface area contributed by atoms with Gasteiger partial charge in [0.25, 0.3) is 5.56 Å². The van der Waals surface area contributed by atoms with Gasteiger partial charge in [-0.25, -0.2) is 4.68 Å². The molecular weight excluding hydrogens is 370 g/mol. The van der Waals surface area contributed by atoms with Crippen LogP contribution in [0.25, 0.3) is 5.69 Å². The number of rotatable bonds is 2. The van der Waals surface area contributed by atoms with Gasteiger partial charge < -0.3 is 5.32 Å². The maximum Gasteiger partial charge on any atom is 0.277 e. The van der Waals surface area contributed by atoms with E-state index in [4.69, 9.17) is 0 Å². The number of anilines is 1. The summed E-state index contributed by atoms with van der Waals surface area (Å²) in [6, 6.07) is 13.5. The van der Waals surface area contributed by atoms with Crippen molar-refractivity contribution in [2.75, 3.05) is 5.32 Å². The molecule has 1 aromatic carbocycles. The Morgan fingerprint density at radius 2 is 1.86 bits per heavy atom. The molecule has 0 radical (unpaired) electrons. The second-order valence-electron chi connectivity index (χ2n) is 8.28. The van der Waals surface area contributed by atoms with Crippen LogP contribution in [0.5, 0.6) is 0 Å². The van der Waals surface area contributed by atoms with Crippen molar-refractivity contribution in [3.63, 3.8) is 0 Å². The molecule has 0 spiro atoms. The molecule has 0 unspecified atom stereocenters. The summed E-state index contributed by atoms with van der Waals surface area (Å²) < 4.78 is 1.56. The minimum Gasteiger partial charge on any atom is -0.343 e. The summed E-state index contributed by atoms with van der Waals surface area (Å²) >= 11 is 1.59. The van der Waals surface area contributed by atoms with Crippen molar-refractivity contribution in [3.8, 4) is 5.69 Å². The SMILES string of the molecule is CC1(C)CC(=O)C2=C(C1)Nc1[nH]n(-c3ccccc3)c(=O)c1[C@@H]2c1cccs1. The summed E-state index contributed by atoms with van der Waals surface area (Å²) in [5.41, 5.74) is 2.88. The largest absolute Gasteiger partial charge is 0.343 e. The predicted octanol–water partition coefficient (Wildman–Crippen LogP) is 4.43. The molecular formula is C22H21N3O2S. The van der Waals surface area contributed by atoms with Crippen molar-refractivity contribution in [2.45, 2.75) is 32.6 Å². The summed E-state index contributed by atoms with van der Waals surface area (Å²) in [5, 5.41) is 8.63. The van der Waals surface area contributed by atoms with Crippen LogP contribution in [-0.2, 0) is 4.79 Å². The van der Waals surface area contributed by atoms with Gasteiger partial charge in [0.05, 0.1) is 17.2 Å². The zero-order chi connectivity index (χ0) is 19.5. The molecule has 0 fully saturated rings. The molecule has 2 N–H and O–H groups in total. The van der Waals surface area contributed by atoms with E-state index < -0.39 is 0 Å². The fourth-order valence-corrected chi connectivity index (χ4v) is 5.23. The third-order valence-electron chi connectivity index (χ3n) is 5.54. The van der Waals surface area contributed by atoms with Crippen molar-refractivity contribution in [1.29, 1.82) is 0 Å². The summed E-state index contributed by atoms with van der Waals surface area (Å²) in [4.78, 5) is 27.6. The Hall–Kier alpha value is -2.86.